The number of para-hydroxylation sites is 1. The zero-order chi connectivity index (χ0) is 15.3. The standard InChI is InChI=1S/C16H18N2O3/c1-16(2,14(19)17-11-13-9-6-10-21-13)15(20)18-12-7-4-3-5-8-12/h3-10H,11H2,1-2H3,(H,17,19)(H,18,20). The van der Waals surface area contributed by atoms with E-state index in [1.54, 1.807) is 38.1 Å². The van der Waals surface area contributed by atoms with Gasteiger partial charge in [0, 0.05) is 5.69 Å². The van der Waals surface area contributed by atoms with Crippen LogP contribution in [0.2, 0.25) is 0 Å². The Morgan fingerprint density at radius 1 is 1.05 bits per heavy atom. The van der Waals surface area contributed by atoms with Crippen molar-refractivity contribution in [1.82, 2.24) is 5.32 Å². The lowest BCUT2D eigenvalue weighted by Gasteiger charge is -2.22. The molecular weight excluding hydrogens is 268 g/mol. The molecule has 1 aromatic carbocycles. The van der Waals surface area contributed by atoms with Gasteiger partial charge in [-0.3, -0.25) is 9.59 Å². The van der Waals surface area contributed by atoms with Crippen LogP contribution in [-0.4, -0.2) is 11.8 Å². The van der Waals surface area contributed by atoms with E-state index in [0.717, 1.165) is 0 Å². The summed E-state index contributed by atoms with van der Waals surface area (Å²) >= 11 is 0. The summed E-state index contributed by atoms with van der Waals surface area (Å²) in [4.78, 5) is 24.4. The van der Waals surface area contributed by atoms with Gasteiger partial charge in [0.25, 0.3) is 0 Å². The highest BCUT2D eigenvalue weighted by molar-refractivity contribution is 6.09. The van der Waals surface area contributed by atoms with E-state index >= 15 is 0 Å². The summed E-state index contributed by atoms with van der Waals surface area (Å²) in [7, 11) is 0. The maximum absolute atomic E-state index is 12.2. The number of hydrogen-bond donors (Lipinski definition) is 2. The second kappa shape index (κ2) is 6.26. The lowest BCUT2D eigenvalue weighted by atomic mass is 9.91. The Bertz CT molecular complexity index is 604. The first kappa shape index (κ1) is 14.8. The fourth-order valence-corrected chi connectivity index (χ4v) is 1.71. The van der Waals surface area contributed by atoms with E-state index in [-0.39, 0.29) is 18.4 Å². The number of rotatable bonds is 5. The molecule has 0 aliphatic rings. The van der Waals surface area contributed by atoms with Gasteiger partial charge >= 0.3 is 0 Å². The van der Waals surface area contributed by atoms with Crippen LogP contribution in [0.1, 0.15) is 19.6 Å². The second-order valence-electron chi connectivity index (χ2n) is 5.21. The van der Waals surface area contributed by atoms with Crippen molar-refractivity contribution in [3.05, 3.63) is 54.5 Å². The number of nitrogens with one attached hydrogen (secondary N) is 2. The molecule has 0 atom stereocenters. The fourth-order valence-electron chi connectivity index (χ4n) is 1.71. The maximum atomic E-state index is 12.2. The van der Waals surface area contributed by atoms with Crippen molar-refractivity contribution in [1.29, 1.82) is 0 Å². The van der Waals surface area contributed by atoms with Gasteiger partial charge in [-0.1, -0.05) is 18.2 Å². The summed E-state index contributed by atoms with van der Waals surface area (Å²) in [5.41, 5.74) is -0.517. The summed E-state index contributed by atoms with van der Waals surface area (Å²) in [6, 6.07) is 12.5. The molecule has 5 heteroatoms. The molecule has 21 heavy (non-hydrogen) atoms. The zero-order valence-corrected chi connectivity index (χ0v) is 12.1. The van der Waals surface area contributed by atoms with Crippen molar-refractivity contribution >= 4 is 17.5 Å². The molecule has 0 fully saturated rings. The van der Waals surface area contributed by atoms with E-state index < -0.39 is 5.41 Å². The molecule has 1 aromatic heterocycles. The molecule has 0 radical (unpaired) electrons. The first-order valence-electron chi connectivity index (χ1n) is 6.67. The van der Waals surface area contributed by atoms with Crippen molar-refractivity contribution < 1.29 is 14.0 Å². The largest absolute Gasteiger partial charge is 0.467 e. The van der Waals surface area contributed by atoms with E-state index in [1.165, 1.54) is 6.26 Å². The molecule has 1 heterocycles. The van der Waals surface area contributed by atoms with Crippen molar-refractivity contribution in [3.8, 4) is 0 Å². The summed E-state index contributed by atoms with van der Waals surface area (Å²) < 4.78 is 5.14. The quantitative estimate of drug-likeness (QED) is 0.830. The summed E-state index contributed by atoms with van der Waals surface area (Å²) in [6.07, 6.45) is 1.54. The zero-order valence-electron chi connectivity index (χ0n) is 12.1. The average molecular weight is 286 g/mol. The molecule has 0 aliphatic carbocycles. The van der Waals surface area contributed by atoms with Gasteiger partial charge < -0.3 is 15.1 Å². The monoisotopic (exact) mass is 286 g/mol. The predicted molar refractivity (Wildman–Crippen MR) is 79.4 cm³/mol. The molecule has 2 aromatic rings. The van der Waals surface area contributed by atoms with Gasteiger partial charge in [-0.2, -0.15) is 0 Å². The molecule has 2 rings (SSSR count). The molecule has 110 valence electrons. The Morgan fingerprint density at radius 2 is 1.76 bits per heavy atom. The number of anilines is 1. The molecule has 2 amide bonds. The molecule has 5 nitrogen and oxygen atoms in total. The minimum atomic E-state index is -1.18. The highest BCUT2D eigenvalue weighted by atomic mass is 16.3. The van der Waals surface area contributed by atoms with Crippen LogP contribution in [0.4, 0.5) is 5.69 Å². The van der Waals surface area contributed by atoms with Crippen LogP contribution in [0.15, 0.2) is 53.1 Å². The Kier molecular flexibility index (Phi) is 4.42. The van der Waals surface area contributed by atoms with Crippen LogP contribution >= 0.6 is 0 Å². The summed E-state index contributed by atoms with van der Waals surface area (Å²) in [5.74, 6) is -0.0689. The Morgan fingerprint density at radius 3 is 2.38 bits per heavy atom. The molecular formula is C16H18N2O3. The number of carbonyl (C=O) groups excluding carboxylic acids is 2. The number of benzene rings is 1. The van der Waals surface area contributed by atoms with Gasteiger partial charge in [-0.15, -0.1) is 0 Å². The minimum absolute atomic E-state index is 0.258. The molecule has 2 N–H and O–H groups in total. The van der Waals surface area contributed by atoms with Crippen molar-refractivity contribution in [3.63, 3.8) is 0 Å². The van der Waals surface area contributed by atoms with E-state index in [1.807, 2.05) is 18.2 Å². The molecule has 0 unspecified atom stereocenters. The van der Waals surface area contributed by atoms with Crippen molar-refractivity contribution in [2.24, 2.45) is 5.41 Å². The number of furan rings is 1. The minimum Gasteiger partial charge on any atom is -0.467 e. The normalized spacial score (nSPS) is 11.0. The van der Waals surface area contributed by atoms with E-state index in [9.17, 15) is 9.59 Å². The highest BCUT2D eigenvalue weighted by Gasteiger charge is 2.36. The van der Waals surface area contributed by atoms with E-state index in [4.69, 9.17) is 4.42 Å². The van der Waals surface area contributed by atoms with Crippen LogP contribution in [-0.2, 0) is 16.1 Å². The summed E-state index contributed by atoms with van der Waals surface area (Å²) in [6.45, 7) is 3.43. The average Bonchev–Trinajstić information content (AvgIpc) is 2.99. The van der Waals surface area contributed by atoms with Gasteiger partial charge in [-0.05, 0) is 38.1 Å². The topological polar surface area (TPSA) is 71.3 Å². The van der Waals surface area contributed by atoms with Gasteiger partial charge in [-0.25, -0.2) is 0 Å². The molecule has 0 bridgehead atoms. The Labute approximate surface area is 123 Å². The summed E-state index contributed by atoms with van der Waals surface area (Å²) in [5, 5.41) is 5.43. The highest BCUT2D eigenvalue weighted by Crippen LogP contribution is 2.19. The molecule has 0 aliphatic heterocycles. The third kappa shape index (κ3) is 3.72. The number of hydrogen-bond acceptors (Lipinski definition) is 3. The van der Waals surface area contributed by atoms with Gasteiger partial charge in [0.1, 0.15) is 11.2 Å². The first-order chi connectivity index (χ1) is 10.00. The fraction of sp³-hybridized carbons (Fsp3) is 0.250. The first-order valence-corrected chi connectivity index (χ1v) is 6.67. The van der Waals surface area contributed by atoms with Crippen LogP contribution in [0, 0.1) is 5.41 Å². The second-order valence-corrected chi connectivity index (χ2v) is 5.21. The van der Waals surface area contributed by atoms with Gasteiger partial charge in [0.15, 0.2) is 0 Å². The van der Waals surface area contributed by atoms with E-state index in [2.05, 4.69) is 10.6 Å². The lowest BCUT2D eigenvalue weighted by Crippen LogP contribution is -2.44. The van der Waals surface area contributed by atoms with Gasteiger partial charge in [0.2, 0.25) is 11.8 Å². The van der Waals surface area contributed by atoms with Crippen LogP contribution in [0.25, 0.3) is 0 Å². The smallest absolute Gasteiger partial charge is 0.239 e. The molecule has 0 spiro atoms. The lowest BCUT2D eigenvalue weighted by molar-refractivity contribution is -0.138. The van der Waals surface area contributed by atoms with Crippen molar-refractivity contribution in [2.45, 2.75) is 20.4 Å². The van der Waals surface area contributed by atoms with Crippen LogP contribution in [0.5, 0.6) is 0 Å². The maximum Gasteiger partial charge on any atom is 0.239 e. The van der Waals surface area contributed by atoms with Crippen molar-refractivity contribution in [2.75, 3.05) is 5.32 Å². The van der Waals surface area contributed by atoms with Crippen LogP contribution in [0.3, 0.4) is 0 Å². The Balaban J connectivity index is 1.95. The van der Waals surface area contributed by atoms with Gasteiger partial charge in [0.05, 0.1) is 12.8 Å². The van der Waals surface area contributed by atoms with E-state index in [0.29, 0.717) is 11.4 Å². The Hall–Kier alpha value is -2.56. The predicted octanol–water partition coefficient (Wildman–Crippen LogP) is 2.56. The van der Waals surface area contributed by atoms with Crippen LogP contribution < -0.4 is 10.6 Å². The SMILES string of the molecule is CC(C)(C(=O)NCc1ccco1)C(=O)Nc1ccccc1. The number of carbonyl (C=O) groups is 2. The third-order valence-corrected chi connectivity index (χ3v) is 3.17. The third-order valence-electron chi connectivity index (χ3n) is 3.17. The molecule has 0 saturated heterocycles. The molecule has 0 saturated carbocycles. The number of amides is 2.